The van der Waals surface area contributed by atoms with Gasteiger partial charge in [-0.2, -0.15) is 0 Å². The molecular weight excluding hydrogens is 304 g/mol. The Bertz CT molecular complexity index is 464. The predicted octanol–water partition coefficient (Wildman–Crippen LogP) is -0.819. The topological polar surface area (TPSA) is 175 Å². The highest BCUT2D eigenvalue weighted by molar-refractivity contribution is 6.04. The van der Waals surface area contributed by atoms with Crippen LogP contribution in [-0.4, -0.2) is 56.9 Å². The Hall–Kier alpha value is -3.01. The molecule has 0 saturated heterocycles. The molecular formula is C12H14O10. The van der Waals surface area contributed by atoms with Crippen LogP contribution in [0.4, 0.5) is 0 Å². The molecule has 0 aliphatic carbocycles. The number of carbonyl (C=O) groups excluding carboxylic acids is 2. The summed E-state index contributed by atoms with van der Waals surface area (Å²) < 4.78 is 4.17. The van der Waals surface area contributed by atoms with Crippen LogP contribution in [0.25, 0.3) is 0 Å². The van der Waals surface area contributed by atoms with Crippen LogP contribution in [0, 0.1) is 0 Å². The highest BCUT2D eigenvalue weighted by Crippen LogP contribution is 2.06. The Morgan fingerprint density at radius 2 is 1.00 bits per heavy atom. The highest BCUT2D eigenvalue weighted by atomic mass is 16.6. The zero-order valence-corrected chi connectivity index (χ0v) is 11.3. The first-order valence-corrected chi connectivity index (χ1v) is 5.39. The molecule has 0 unspecified atom stereocenters. The summed E-state index contributed by atoms with van der Waals surface area (Å²) >= 11 is 0. The molecule has 0 aromatic carbocycles. The lowest BCUT2D eigenvalue weighted by Gasteiger charge is -2.04. The number of ether oxygens (including phenoxy) is 1. The van der Waals surface area contributed by atoms with Crippen LogP contribution in [-0.2, 0) is 28.7 Å². The van der Waals surface area contributed by atoms with Crippen molar-refractivity contribution in [1.82, 2.24) is 0 Å². The van der Waals surface area contributed by atoms with Gasteiger partial charge in [0.05, 0.1) is 12.8 Å². The summed E-state index contributed by atoms with van der Waals surface area (Å²) in [6, 6.07) is 0. The number of hydrogen-bond acceptors (Lipinski definition) is 7. The number of rotatable bonds is 7. The Morgan fingerprint density at radius 1 is 0.727 bits per heavy atom. The van der Waals surface area contributed by atoms with Gasteiger partial charge in [0.1, 0.15) is 6.61 Å². The van der Waals surface area contributed by atoms with Crippen molar-refractivity contribution in [2.75, 3.05) is 6.61 Å². The molecule has 0 aliphatic heterocycles. The third-order valence-corrected chi connectivity index (χ3v) is 1.63. The molecule has 0 bridgehead atoms. The zero-order chi connectivity index (χ0) is 17.9. The van der Waals surface area contributed by atoms with E-state index in [2.05, 4.69) is 17.9 Å². The summed E-state index contributed by atoms with van der Waals surface area (Å²) in [5.74, 6) is -6.23. The van der Waals surface area contributed by atoms with Gasteiger partial charge in [0.2, 0.25) is 0 Å². The van der Waals surface area contributed by atoms with Gasteiger partial charge in [0.25, 0.3) is 0 Å². The van der Waals surface area contributed by atoms with E-state index in [9.17, 15) is 19.2 Å². The van der Waals surface area contributed by atoms with Crippen LogP contribution in [0.2, 0.25) is 0 Å². The maximum Gasteiger partial charge on any atom is 0.341 e. The van der Waals surface area contributed by atoms with E-state index in [0.717, 1.165) is 0 Å². The van der Waals surface area contributed by atoms with Crippen LogP contribution in [0.15, 0.2) is 24.3 Å². The molecule has 0 heterocycles. The number of carboxylic acid groups (broad SMARTS) is 3. The average molecular weight is 318 g/mol. The molecule has 0 amide bonds. The number of aliphatic carboxylic acids is 3. The molecule has 0 rings (SSSR count). The van der Waals surface area contributed by atoms with E-state index in [1.54, 1.807) is 0 Å². The summed E-state index contributed by atoms with van der Waals surface area (Å²) in [4.78, 5) is 51.7. The van der Waals surface area contributed by atoms with Gasteiger partial charge in [-0.25, -0.2) is 14.4 Å². The Morgan fingerprint density at radius 3 is 1.18 bits per heavy atom. The van der Waals surface area contributed by atoms with Gasteiger partial charge in [-0.15, -0.1) is 0 Å². The van der Waals surface area contributed by atoms with E-state index in [1.165, 1.54) is 0 Å². The number of hydrogen-bond donors (Lipinski definition) is 4. The minimum Gasteiger partial charge on any atom is -0.481 e. The summed E-state index contributed by atoms with van der Waals surface area (Å²) in [5, 5.41) is 31.7. The van der Waals surface area contributed by atoms with E-state index < -0.39 is 60.4 Å². The first-order chi connectivity index (χ1) is 10.0. The minimum absolute atomic E-state index is 0.422. The molecule has 0 aliphatic rings. The lowest BCUT2D eigenvalue weighted by atomic mass is 10.2. The van der Waals surface area contributed by atoms with Crippen molar-refractivity contribution in [3.05, 3.63) is 24.3 Å². The summed E-state index contributed by atoms with van der Waals surface area (Å²) in [6.45, 7) is 5.45. The van der Waals surface area contributed by atoms with Gasteiger partial charge in [-0.1, -0.05) is 13.2 Å². The average Bonchev–Trinajstić information content (AvgIpc) is 2.37. The molecule has 4 N–H and O–H groups in total. The second-order valence-corrected chi connectivity index (χ2v) is 3.58. The van der Waals surface area contributed by atoms with Gasteiger partial charge in [0, 0.05) is 11.1 Å². The lowest BCUT2D eigenvalue weighted by molar-refractivity contribution is -0.156. The third-order valence-electron chi connectivity index (χ3n) is 1.63. The number of carbonyl (C=O) groups is 5. The van der Waals surface area contributed by atoms with Gasteiger partial charge < -0.3 is 25.2 Å². The van der Waals surface area contributed by atoms with E-state index in [4.69, 9.17) is 25.2 Å². The molecule has 0 radical (unpaired) electrons. The van der Waals surface area contributed by atoms with Crippen molar-refractivity contribution < 1.29 is 49.1 Å². The van der Waals surface area contributed by atoms with Crippen molar-refractivity contribution in [2.24, 2.45) is 0 Å². The number of aliphatic hydroxyl groups is 1. The molecule has 0 saturated carbocycles. The maximum atomic E-state index is 11.1. The fourth-order valence-electron chi connectivity index (χ4n) is 0.738. The molecule has 10 heteroatoms. The van der Waals surface area contributed by atoms with Crippen LogP contribution in [0.1, 0.15) is 12.8 Å². The van der Waals surface area contributed by atoms with Gasteiger partial charge in [-0.3, -0.25) is 9.59 Å². The van der Waals surface area contributed by atoms with E-state index >= 15 is 0 Å². The van der Waals surface area contributed by atoms with E-state index in [-0.39, 0.29) is 0 Å². The van der Waals surface area contributed by atoms with Crippen molar-refractivity contribution >= 4 is 29.8 Å². The van der Waals surface area contributed by atoms with Gasteiger partial charge in [-0.05, 0) is 0 Å². The number of aliphatic hydroxyl groups excluding tert-OH is 1. The SMILES string of the molecule is C=C(CC(=O)O)C(=O)OC(=O)C(=C)CC(=O)O.O=C(O)CO. The molecule has 0 aromatic rings. The smallest absolute Gasteiger partial charge is 0.341 e. The first kappa shape index (κ1) is 21.3. The van der Waals surface area contributed by atoms with Crippen LogP contribution in [0.5, 0.6) is 0 Å². The molecule has 22 heavy (non-hydrogen) atoms. The summed E-state index contributed by atoms with van der Waals surface area (Å²) in [6.07, 6.45) is -1.34. The second kappa shape index (κ2) is 10.7. The standard InChI is InChI=1S/C10H10O7.C2H4O3/c1-5(3-7(11)12)9(15)17-10(16)6(2)4-8(13)14;3-1-2(4)5/h1-4H2,(H,11,12)(H,13,14);3H,1H2,(H,4,5). The first-order valence-electron chi connectivity index (χ1n) is 5.39. The highest BCUT2D eigenvalue weighted by Gasteiger charge is 2.19. The fraction of sp³-hybridized carbons (Fsp3) is 0.250. The lowest BCUT2D eigenvalue weighted by Crippen LogP contribution is -2.18. The Labute approximate surface area is 123 Å². The molecule has 10 nitrogen and oxygen atoms in total. The predicted molar refractivity (Wildman–Crippen MR) is 68.6 cm³/mol. The Kier molecular flexibility index (Phi) is 10.4. The molecule has 0 fully saturated rings. The van der Waals surface area contributed by atoms with Crippen LogP contribution in [0.3, 0.4) is 0 Å². The quantitative estimate of drug-likeness (QED) is 0.263. The van der Waals surface area contributed by atoms with Crippen molar-refractivity contribution in [2.45, 2.75) is 12.8 Å². The normalized spacial score (nSPS) is 8.77. The maximum absolute atomic E-state index is 11.1. The zero-order valence-electron chi connectivity index (χ0n) is 11.3. The van der Waals surface area contributed by atoms with Crippen molar-refractivity contribution in [1.29, 1.82) is 0 Å². The van der Waals surface area contributed by atoms with Gasteiger partial charge in [0.15, 0.2) is 0 Å². The monoisotopic (exact) mass is 318 g/mol. The van der Waals surface area contributed by atoms with Crippen LogP contribution < -0.4 is 0 Å². The van der Waals surface area contributed by atoms with Gasteiger partial charge >= 0.3 is 29.8 Å². The fourth-order valence-corrected chi connectivity index (χ4v) is 0.738. The Balaban J connectivity index is 0. The third kappa shape index (κ3) is 12.0. The van der Waals surface area contributed by atoms with Crippen LogP contribution >= 0.6 is 0 Å². The minimum atomic E-state index is -1.30. The van der Waals surface area contributed by atoms with Crippen molar-refractivity contribution in [3.63, 3.8) is 0 Å². The molecule has 0 aromatic heterocycles. The molecule has 0 atom stereocenters. The summed E-state index contributed by atoms with van der Waals surface area (Å²) in [5.41, 5.74) is -0.844. The molecule has 122 valence electrons. The van der Waals surface area contributed by atoms with Crippen molar-refractivity contribution in [3.8, 4) is 0 Å². The second-order valence-electron chi connectivity index (χ2n) is 3.58. The van der Waals surface area contributed by atoms with E-state index in [1.807, 2.05) is 0 Å². The summed E-state index contributed by atoms with van der Waals surface area (Å²) in [7, 11) is 0. The van der Waals surface area contributed by atoms with E-state index in [0.29, 0.717) is 0 Å². The largest absolute Gasteiger partial charge is 0.481 e. The number of esters is 2. The number of carboxylic acids is 3. The molecule has 0 spiro atoms.